The van der Waals surface area contributed by atoms with Crippen LogP contribution < -0.4 is 10.4 Å². The third-order valence-electron chi connectivity index (χ3n) is 9.62. The number of hydrogen-bond donors (Lipinski definition) is 0. The first-order chi connectivity index (χ1) is 22.7. The minimum atomic E-state index is -2.68. The van der Waals surface area contributed by atoms with Crippen molar-refractivity contribution in [2.24, 2.45) is 0 Å². The lowest BCUT2D eigenvalue weighted by Gasteiger charge is -2.43. The largest absolute Gasteiger partial charge is 0.468 e. The number of benzene rings is 4. The molecule has 2 atom stereocenters. The third-order valence-corrected chi connectivity index (χ3v) is 14.9. The molecule has 5 nitrogen and oxygen atoms in total. The van der Waals surface area contributed by atoms with E-state index in [-0.39, 0.29) is 34.7 Å². The van der Waals surface area contributed by atoms with Gasteiger partial charge in [-0.05, 0) is 64.4 Å². The number of hydrogen-bond acceptors (Lipinski definition) is 5. The van der Waals surface area contributed by atoms with Gasteiger partial charge in [-0.25, -0.2) is 0 Å². The van der Waals surface area contributed by atoms with Crippen molar-refractivity contribution >= 4 is 42.0 Å². The summed E-state index contributed by atoms with van der Waals surface area (Å²) in [4.78, 5) is 15.9. The Labute approximate surface area is 286 Å². The van der Waals surface area contributed by atoms with E-state index in [0.29, 0.717) is 26.1 Å². The van der Waals surface area contributed by atoms with Crippen LogP contribution in [0.4, 0.5) is 0 Å². The fourth-order valence-electron chi connectivity index (χ4n) is 7.48. The molecule has 244 valence electrons. The van der Waals surface area contributed by atoms with Crippen LogP contribution in [0, 0.1) is 0 Å². The topological polar surface area (TPSA) is 48.0 Å². The fraction of sp³-hybridized carbons (Fsp3) is 0.350. The number of ether oxygens (including phenoxy) is 2. The van der Waals surface area contributed by atoms with Gasteiger partial charge in [-0.1, -0.05) is 142 Å². The van der Waals surface area contributed by atoms with E-state index in [0.717, 1.165) is 24.0 Å². The lowest BCUT2D eigenvalue weighted by molar-refractivity contribution is -0.133. The number of nitrogens with zero attached hydrogens (tertiary/aromatic N) is 1. The van der Waals surface area contributed by atoms with Crippen molar-refractivity contribution in [3.05, 3.63) is 132 Å². The molecule has 6 rings (SSSR count). The number of thiocarbonyl (C=S) groups is 1. The van der Waals surface area contributed by atoms with Crippen LogP contribution in [0.15, 0.2) is 121 Å². The zero-order valence-corrected chi connectivity index (χ0v) is 29.5. The van der Waals surface area contributed by atoms with Crippen LogP contribution >= 0.6 is 12.2 Å². The van der Waals surface area contributed by atoms with Crippen LogP contribution in [-0.4, -0.2) is 55.3 Å². The fourth-order valence-corrected chi connectivity index (χ4v) is 12.4. The normalized spacial score (nSPS) is 19.5. The molecular formula is C40H45NO4SSi. The van der Waals surface area contributed by atoms with Gasteiger partial charge in [0.05, 0.1) is 30.8 Å². The predicted octanol–water partition coefficient (Wildman–Crippen LogP) is 6.87. The molecule has 0 unspecified atom stereocenters. The molecule has 0 bridgehead atoms. The molecular weight excluding hydrogens is 619 g/mol. The highest BCUT2D eigenvalue weighted by molar-refractivity contribution is 7.80. The second-order valence-electron chi connectivity index (χ2n) is 14.0. The first-order valence-corrected chi connectivity index (χ1v) is 19.0. The Kier molecular flexibility index (Phi) is 10.1. The summed E-state index contributed by atoms with van der Waals surface area (Å²) in [5, 5.41) is 2.64. The Balaban J connectivity index is 1.18. The molecule has 47 heavy (non-hydrogen) atoms. The van der Waals surface area contributed by atoms with Gasteiger partial charge in [0.25, 0.3) is 13.5 Å². The standard InChI is InChI=1S/C40H45NO4SSi/c1-39(2,3)47(35-20-12-6-13-21-35,36-22-14-7-15-23-36)44-29-34-25-24-33(45-34)26-37(42)41-38(46)43-30-40(41,27-31-16-8-4-9-17-31)28-32-18-10-5-11-19-32/h4-23,33-34H,24-30H2,1-3H3/t33-,34-/m0/s1. The van der Waals surface area contributed by atoms with E-state index in [2.05, 4.69) is 106 Å². The van der Waals surface area contributed by atoms with E-state index < -0.39 is 13.9 Å². The Morgan fingerprint density at radius 3 is 1.74 bits per heavy atom. The highest BCUT2D eigenvalue weighted by Crippen LogP contribution is 2.38. The van der Waals surface area contributed by atoms with Gasteiger partial charge in [0.1, 0.15) is 6.61 Å². The summed E-state index contributed by atoms with van der Waals surface area (Å²) >= 11 is 5.70. The molecule has 2 fully saturated rings. The van der Waals surface area contributed by atoms with E-state index in [9.17, 15) is 4.79 Å². The SMILES string of the molecule is CC(C)(C)[Si](OC[C@@H]1CC[C@@H](CC(=O)N2C(=S)OCC2(Cc2ccccc2)Cc2ccccc2)O1)(c1ccccc1)c1ccccc1. The van der Waals surface area contributed by atoms with Gasteiger partial charge in [-0.3, -0.25) is 9.69 Å². The number of carbonyl (C=O) groups excluding carboxylic acids is 1. The van der Waals surface area contributed by atoms with E-state index in [1.807, 2.05) is 36.4 Å². The van der Waals surface area contributed by atoms with Crippen molar-refractivity contribution in [3.63, 3.8) is 0 Å². The third kappa shape index (κ3) is 7.14. The molecule has 0 spiro atoms. The van der Waals surface area contributed by atoms with Crippen molar-refractivity contribution in [2.75, 3.05) is 13.2 Å². The molecule has 2 aliphatic rings. The summed E-state index contributed by atoms with van der Waals surface area (Å²) in [7, 11) is -2.68. The first-order valence-electron chi connectivity index (χ1n) is 16.7. The smallest absolute Gasteiger partial charge is 0.266 e. The molecule has 2 heterocycles. The number of carbonyl (C=O) groups is 1. The summed E-state index contributed by atoms with van der Waals surface area (Å²) in [6, 6.07) is 41.9. The van der Waals surface area contributed by atoms with Crippen LogP contribution in [0.25, 0.3) is 0 Å². The Hall–Kier alpha value is -3.62. The maximum atomic E-state index is 14.2. The second kappa shape index (κ2) is 14.2. The highest BCUT2D eigenvalue weighted by atomic mass is 32.1. The second-order valence-corrected chi connectivity index (χ2v) is 18.6. The molecule has 4 aromatic rings. The monoisotopic (exact) mass is 663 g/mol. The van der Waals surface area contributed by atoms with Gasteiger partial charge < -0.3 is 13.9 Å². The predicted molar refractivity (Wildman–Crippen MR) is 195 cm³/mol. The molecule has 0 radical (unpaired) electrons. The van der Waals surface area contributed by atoms with Gasteiger partial charge in [0.15, 0.2) is 0 Å². The summed E-state index contributed by atoms with van der Waals surface area (Å²) in [6.45, 7) is 7.70. The van der Waals surface area contributed by atoms with E-state index in [1.165, 1.54) is 10.4 Å². The van der Waals surface area contributed by atoms with Gasteiger partial charge in [0.2, 0.25) is 5.91 Å². The van der Waals surface area contributed by atoms with Crippen LogP contribution in [0.3, 0.4) is 0 Å². The average molecular weight is 664 g/mol. The minimum Gasteiger partial charge on any atom is -0.468 e. The van der Waals surface area contributed by atoms with Gasteiger partial charge >= 0.3 is 0 Å². The molecule has 4 aromatic carbocycles. The maximum Gasteiger partial charge on any atom is 0.266 e. The highest BCUT2D eigenvalue weighted by Gasteiger charge is 2.52. The van der Waals surface area contributed by atoms with E-state index in [1.54, 1.807) is 4.90 Å². The van der Waals surface area contributed by atoms with Crippen LogP contribution in [0.5, 0.6) is 0 Å². The first kappa shape index (κ1) is 33.3. The molecule has 2 saturated heterocycles. The molecule has 0 aliphatic carbocycles. The van der Waals surface area contributed by atoms with Crippen molar-refractivity contribution < 1.29 is 18.7 Å². The van der Waals surface area contributed by atoms with E-state index >= 15 is 0 Å². The van der Waals surface area contributed by atoms with Crippen LogP contribution in [0.1, 0.15) is 51.2 Å². The lowest BCUT2D eigenvalue weighted by Crippen LogP contribution is -2.67. The summed E-state index contributed by atoms with van der Waals surface area (Å²) < 4.78 is 19.7. The molecule has 1 amide bonds. The maximum absolute atomic E-state index is 14.2. The zero-order valence-electron chi connectivity index (χ0n) is 27.6. The summed E-state index contributed by atoms with van der Waals surface area (Å²) in [5.41, 5.74) is 1.68. The van der Waals surface area contributed by atoms with Crippen molar-refractivity contribution in [3.8, 4) is 0 Å². The summed E-state index contributed by atoms with van der Waals surface area (Å²) in [6.07, 6.45) is 2.90. The summed E-state index contributed by atoms with van der Waals surface area (Å²) in [5.74, 6) is -0.0436. The molecule has 2 aliphatic heterocycles. The van der Waals surface area contributed by atoms with Crippen LogP contribution in [-0.2, 0) is 31.5 Å². The van der Waals surface area contributed by atoms with Crippen molar-refractivity contribution in [2.45, 2.75) is 75.7 Å². The van der Waals surface area contributed by atoms with Gasteiger partial charge in [0, 0.05) is 0 Å². The van der Waals surface area contributed by atoms with Crippen LogP contribution in [0.2, 0.25) is 5.04 Å². The minimum absolute atomic E-state index is 0.0436. The number of rotatable bonds is 11. The Bertz CT molecular complexity index is 1550. The quantitative estimate of drug-likeness (QED) is 0.130. The molecule has 0 saturated carbocycles. The average Bonchev–Trinajstić information content (AvgIpc) is 3.65. The molecule has 0 N–H and O–H groups in total. The zero-order chi connectivity index (χ0) is 32.9. The van der Waals surface area contributed by atoms with Gasteiger partial charge in [-0.2, -0.15) is 0 Å². The Morgan fingerprint density at radius 1 is 0.787 bits per heavy atom. The lowest BCUT2D eigenvalue weighted by atomic mass is 9.84. The Morgan fingerprint density at radius 2 is 1.26 bits per heavy atom. The van der Waals surface area contributed by atoms with E-state index in [4.69, 9.17) is 26.1 Å². The number of amides is 1. The molecule has 0 aromatic heterocycles. The van der Waals surface area contributed by atoms with Crippen molar-refractivity contribution in [1.29, 1.82) is 0 Å². The van der Waals surface area contributed by atoms with Gasteiger partial charge in [-0.15, -0.1) is 0 Å². The van der Waals surface area contributed by atoms with Crippen molar-refractivity contribution in [1.82, 2.24) is 4.90 Å². The molecule has 7 heteroatoms.